The van der Waals surface area contributed by atoms with Gasteiger partial charge in [0.1, 0.15) is 0 Å². The largest absolute Gasteiger partial charge is 0.323 e. The third kappa shape index (κ3) is 1.79. The molecule has 100 valence electrons. The Bertz CT molecular complexity index is 712. The van der Waals surface area contributed by atoms with Gasteiger partial charge in [-0.25, -0.2) is 0 Å². The number of fused-ring (bicyclic) bond motifs is 1. The van der Waals surface area contributed by atoms with E-state index >= 15 is 0 Å². The SMILES string of the molecule is Cc1ccc2c(c1)C(=O)C(Br)(c1ccccc1)C(=O)N2. The molecule has 20 heavy (non-hydrogen) atoms. The molecule has 0 fully saturated rings. The van der Waals surface area contributed by atoms with E-state index in [1.807, 2.05) is 31.2 Å². The predicted octanol–water partition coefficient (Wildman–Crippen LogP) is 3.42. The fourth-order valence-corrected chi connectivity index (χ4v) is 2.96. The van der Waals surface area contributed by atoms with Crippen molar-refractivity contribution in [3.05, 3.63) is 65.2 Å². The highest BCUT2D eigenvalue weighted by atomic mass is 79.9. The third-order valence-electron chi connectivity index (χ3n) is 3.47. The van der Waals surface area contributed by atoms with Crippen LogP contribution in [0, 0.1) is 6.92 Å². The lowest BCUT2D eigenvalue weighted by Gasteiger charge is -2.31. The van der Waals surface area contributed by atoms with Crippen molar-refractivity contribution in [1.82, 2.24) is 0 Å². The number of nitrogens with one attached hydrogen (secondary N) is 1. The van der Waals surface area contributed by atoms with E-state index in [1.165, 1.54) is 0 Å². The molecule has 1 aliphatic rings. The second kappa shape index (κ2) is 4.56. The van der Waals surface area contributed by atoms with Crippen molar-refractivity contribution >= 4 is 33.3 Å². The number of anilines is 1. The van der Waals surface area contributed by atoms with Gasteiger partial charge in [-0.3, -0.25) is 9.59 Å². The van der Waals surface area contributed by atoms with Gasteiger partial charge in [0, 0.05) is 5.56 Å². The van der Waals surface area contributed by atoms with Gasteiger partial charge in [0.15, 0.2) is 10.1 Å². The highest BCUT2D eigenvalue weighted by molar-refractivity contribution is 9.10. The van der Waals surface area contributed by atoms with Gasteiger partial charge in [-0.15, -0.1) is 0 Å². The minimum atomic E-state index is -1.35. The third-order valence-corrected chi connectivity index (χ3v) is 4.64. The average molecular weight is 330 g/mol. The number of carbonyl (C=O) groups is 2. The standard InChI is InChI=1S/C16H12BrNO2/c1-10-7-8-13-12(9-10)14(19)16(17,15(20)18-13)11-5-3-2-4-6-11/h2-9H,1H3,(H,18,20). The van der Waals surface area contributed by atoms with Crippen molar-refractivity contribution in [2.45, 2.75) is 11.2 Å². The zero-order chi connectivity index (χ0) is 14.3. The van der Waals surface area contributed by atoms with E-state index in [4.69, 9.17) is 0 Å². The first-order valence-electron chi connectivity index (χ1n) is 6.25. The lowest BCUT2D eigenvalue weighted by atomic mass is 9.85. The Morgan fingerprint density at radius 3 is 2.45 bits per heavy atom. The van der Waals surface area contributed by atoms with Crippen LogP contribution in [-0.2, 0) is 9.12 Å². The Hall–Kier alpha value is -1.94. The number of hydrogen-bond donors (Lipinski definition) is 1. The number of amides is 1. The monoisotopic (exact) mass is 329 g/mol. The molecular formula is C16H12BrNO2. The molecule has 4 heteroatoms. The maximum atomic E-state index is 12.8. The first-order chi connectivity index (χ1) is 9.53. The first-order valence-corrected chi connectivity index (χ1v) is 7.04. The Morgan fingerprint density at radius 2 is 1.75 bits per heavy atom. The fraction of sp³-hybridized carbons (Fsp3) is 0.125. The topological polar surface area (TPSA) is 46.2 Å². The number of aryl methyl sites for hydroxylation is 1. The number of benzene rings is 2. The highest BCUT2D eigenvalue weighted by Gasteiger charge is 2.49. The summed E-state index contributed by atoms with van der Waals surface area (Å²) < 4.78 is -1.35. The van der Waals surface area contributed by atoms with Gasteiger partial charge in [-0.1, -0.05) is 57.9 Å². The molecule has 1 aliphatic heterocycles. The molecule has 0 saturated heterocycles. The summed E-state index contributed by atoms with van der Waals surface area (Å²) >= 11 is 3.37. The molecule has 0 radical (unpaired) electrons. The van der Waals surface area contributed by atoms with Gasteiger partial charge in [-0.05, 0) is 24.6 Å². The predicted molar refractivity (Wildman–Crippen MR) is 81.2 cm³/mol. The molecule has 3 nitrogen and oxygen atoms in total. The van der Waals surface area contributed by atoms with Crippen LogP contribution in [0.1, 0.15) is 21.5 Å². The molecule has 2 aromatic carbocycles. The zero-order valence-corrected chi connectivity index (χ0v) is 12.4. The molecule has 0 aliphatic carbocycles. The molecule has 1 unspecified atom stereocenters. The molecule has 1 N–H and O–H groups in total. The number of halogens is 1. The van der Waals surface area contributed by atoms with Crippen LogP contribution < -0.4 is 5.32 Å². The Morgan fingerprint density at radius 1 is 1.05 bits per heavy atom. The van der Waals surface area contributed by atoms with E-state index in [0.29, 0.717) is 16.8 Å². The van der Waals surface area contributed by atoms with Gasteiger partial charge in [0.2, 0.25) is 0 Å². The van der Waals surface area contributed by atoms with Crippen molar-refractivity contribution in [2.75, 3.05) is 5.32 Å². The van der Waals surface area contributed by atoms with Crippen LogP contribution >= 0.6 is 15.9 Å². The molecule has 0 aromatic heterocycles. The van der Waals surface area contributed by atoms with Gasteiger partial charge in [0.25, 0.3) is 5.91 Å². The maximum absolute atomic E-state index is 12.8. The number of hydrogen-bond acceptors (Lipinski definition) is 2. The van der Waals surface area contributed by atoms with Crippen molar-refractivity contribution in [3.63, 3.8) is 0 Å². The molecule has 0 saturated carbocycles. The summed E-state index contributed by atoms with van der Waals surface area (Å²) in [6, 6.07) is 14.4. The van der Waals surface area contributed by atoms with Gasteiger partial charge in [0.05, 0.1) is 5.69 Å². The van der Waals surface area contributed by atoms with Crippen LogP contribution in [0.4, 0.5) is 5.69 Å². The number of rotatable bonds is 1. The highest BCUT2D eigenvalue weighted by Crippen LogP contribution is 2.41. The normalized spacial score (nSPS) is 21.3. The van der Waals surface area contributed by atoms with E-state index in [9.17, 15) is 9.59 Å². The van der Waals surface area contributed by atoms with E-state index in [0.717, 1.165) is 5.56 Å². The fourth-order valence-electron chi connectivity index (χ4n) is 2.38. The minimum absolute atomic E-state index is 0.230. The van der Waals surface area contributed by atoms with Crippen molar-refractivity contribution in [1.29, 1.82) is 0 Å². The summed E-state index contributed by atoms with van der Waals surface area (Å²) in [5.41, 5.74) is 2.72. The zero-order valence-electron chi connectivity index (χ0n) is 10.8. The van der Waals surface area contributed by atoms with Crippen LogP contribution in [0.5, 0.6) is 0 Å². The van der Waals surface area contributed by atoms with Crippen LogP contribution in [0.25, 0.3) is 0 Å². The molecule has 2 aromatic rings. The van der Waals surface area contributed by atoms with Gasteiger partial charge in [-0.2, -0.15) is 0 Å². The Kier molecular flexibility index (Phi) is 2.98. The van der Waals surface area contributed by atoms with Crippen LogP contribution in [0.2, 0.25) is 0 Å². The lowest BCUT2D eigenvalue weighted by molar-refractivity contribution is -0.117. The second-order valence-corrected chi connectivity index (χ2v) is 6.05. The number of Topliss-reactive ketones (excluding diaryl/α,β-unsaturated/α-hetero) is 1. The average Bonchev–Trinajstić information content (AvgIpc) is 2.47. The minimum Gasteiger partial charge on any atom is -0.323 e. The molecule has 3 rings (SSSR count). The van der Waals surface area contributed by atoms with E-state index in [1.54, 1.807) is 24.3 Å². The molecule has 0 bridgehead atoms. The quantitative estimate of drug-likeness (QED) is 0.643. The summed E-state index contributed by atoms with van der Waals surface area (Å²) in [5, 5.41) is 2.80. The molecule has 1 amide bonds. The first kappa shape index (κ1) is 13.1. The maximum Gasteiger partial charge on any atom is 0.253 e. The van der Waals surface area contributed by atoms with Gasteiger partial charge < -0.3 is 5.32 Å². The molecule has 1 heterocycles. The van der Waals surface area contributed by atoms with E-state index in [-0.39, 0.29) is 11.7 Å². The molecule has 1 atom stereocenters. The smallest absolute Gasteiger partial charge is 0.253 e. The van der Waals surface area contributed by atoms with E-state index in [2.05, 4.69) is 21.2 Å². The summed E-state index contributed by atoms with van der Waals surface area (Å²) in [4.78, 5) is 25.2. The van der Waals surface area contributed by atoms with Crippen LogP contribution in [0.3, 0.4) is 0 Å². The van der Waals surface area contributed by atoms with E-state index < -0.39 is 4.32 Å². The lowest BCUT2D eigenvalue weighted by Crippen LogP contribution is -2.46. The van der Waals surface area contributed by atoms with Crippen LogP contribution in [-0.4, -0.2) is 11.7 Å². The summed E-state index contributed by atoms with van der Waals surface area (Å²) in [5.74, 6) is -0.587. The van der Waals surface area contributed by atoms with Crippen molar-refractivity contribution in [3.8, 4) is 0 Å². The van der Waals surface area contributed by atoms with Crippen molar-refractivity contribution < 1.29 is 9.59 Å². The number of carbonyl (C=O) groups excluding carboxylic acids is 2. The summed E-state index contributed by atoms with van der Waals surface area (Å²) in [6.07, 6.45) is 0. The summed E-state index contributed by atoms with van der Waals surface area (Å²) in [6.45, 7) is 1.92. The molecular weight excluding hydrogens is 318 g/mol. The number of alkyl halides is 1. The van der Waals surface area contributed by atoms with Crippen LogP contribution in [0.15, 0.2) is 48.5 Å². The molecule has 0 spiro atoms. The second-order valence-electron chi connectivity index (χ2n) is 4.86. The summed E-state index contributed by atoms with van der Waals surface area (Å²) in [7, 11) is 0. The van der Waals surface area contributed by atoms with Gasteiger partial charge >= 0.3 is 0 Å². The number of ketones is 1. The Balaban J connectivity index is 2.20. The Labute approximate surface area is 125 Å². The van der Waals surface area contributed by atoms with Crippen molar-refractivity contribution in [2.24, 2.45) is 0 Å².